The van der Waals surface area contributed by atoms with Crippen LogP contribution in [0.4, 0.5) is 18.9 Å². The molecule has 0 unspecified atom stereocenters. The van der Waals surface area contributed by atoms with E-state index < -0.39 is 17.5 Å². The summed E-state index contributed by atoms with van der Waals surface area (Å²) in [7, 11) is 0. The Hall–Kier alpha value is -2.91. The molecule has 0 atom stereocenters. The molecule has 0 fully saturated rings. The van der Waals surface area contributed by atoms with Crippen LogP contribution in [0.5, 0.6) is 11.5 Å². The molecular weight excluding hydrogens is 425 g/mol. The number of hydrogen-bond donors (Lipinski definition) is 2. The second-order valence-electron chi connectivity index (χ2n) is 5.56. The highest BCUT2D eigenvalue weighted by Gasteiger charge is 2.26. The molecule has 2 N–H and O–H groups in total. The molecule has 0 saturated carbocycles. The normalized spacial score (nSPS) is 15.0. The lowest BCUT2D eigenvalue weighted by atomic mass is 10.2. The maximum Gasteiger partial charge on any atom is 0.206 e. The van der Waals surface area contributed by atoms with Gasteiger partial charge in [-0.05, 0) is 42.9 Å². The van der Waals surface area contributed by atoms with E-state index in [-0.39, 0.29) is 40.4 Å². The van der Waals surface area contributed by atoms with E-state index in [1.165, 1.54) is 6.07 Å². The van der Waals surface area contributed by atoms with Gasteiger partial charge in [-0.25, -0.2) is 13.8 Å². The van der Waals surface area contributed by atoms with Crippen LogP contribution in [0.25, 0.3) is 0 Å². The molecule has 10 heteroatoms. The van der Waals surface area contributed by atoms with Crippen LogP contribution in [-0.2, 0) is 0 Å². The summed E-state index contributed by atoms with van der Waals surface area (Å²) in [6.07, 6.45) is 0.990. The molecule has 2 aromatic carbocycles. The minimum Gasteiger partial charge on any atom is -0.450 e. The highest BCUT2D eigenvalue weighted by Crippen LogP contribution is 2.43. The minimum atomic E-state index is -1.19. The Kier molecular flexibility index (Phi) is 6.50. The molecule has 2 aromatic rings. The number of ether oxygens (including phenoxy) is 1. The third-order valence-corrected chi connectivity index (χ3v) is 4.87. The van der Waals surface area contributed by atoms with E-state index in [1.807, 2.05) is 0 Å². The molecule has 0 bridgehead atoms. The van der Waals surface area contributed by atoms with Crippen LogP contribution in [0.1, 0.15) is 0 Å². The second kappa shape index (κ2) is 9.06. The third kappa shape index (κ3) is 4.57. The first kappa shape index (κ1) is 20.8. The van der Waals surface area contributed by atoms with E-state index in [9.17, 15) is 13.2 Å². The molecule has 0 saturated heterocycles. The van der Waals surface area contributed by atoms with E-state index in [0.717, 1.165) is 24.1 Å². The monoisotopic (exact) mass is 438 g/mol. The highest BCUT2D eigenvalue weighted by atomic mass is 35.5. The van der Waals surface area contributed by atoms with Crippen LogP contribution in [0, 0.1) is 11.6 Å². The number of allylic oxidation sites excluding steroid dienone is 2. The summed E-state index contributed by atoms with van der Waals surface area (Å²) in [6.45, 7) is 6.45. The van der Waals surface area contributed by atoms with Gasteiger partial charge in [-0.15, -0.1) is 0 Å². The Balaban J connectivity index is 1.96. The largest absolute Gasteiger partial charge is 0.450 e. The van der Waals surface area contributed by atoms with E-state index in [1.54, 1.807) is 18.2 Å². The van der Waals surface area contributed by atoms with E-state index in [2.05, 4.69) is 33.3 Å². The topological polar surface area (TPSA) is 58.0 Å². The first-order valence-electron chi connectivity index (χ1n) is 8.11. The number of anilines is 1. The number of nitrogens with one attached hydrogen (secondary N) is 2. The summed E-state index contributed by atoms with van der Waals surface area (Å²) in [5, 5.41) is 3.05. The SMILES string of the molecule is C=C/C(F)=C(/CN=C1NSc2cc(F)c(F)c(Oc3ccccc3Cl)c2N1)N=C. The number of nitrogens with zero attached hydrogens (tertiary/aromatic N) is 2. The predicted molar refractivity (Wildman–Crippen MR) is 111 cm³/mol. The quantitative estimate of drug-likeness (QED) is 0.337. The molecule has 0 amide bonds. The first-order valence-corrected chi connectivity index (χ1v) is 9.30. The summed E-state index contributed by atoms with van der Waals surface area (Å²) >= 11 is 7.04. The molecule has 1 aliphatic heterocycles. The third-order valence-electron chi connectivity index (χ3n) is 3.72. The van der Waals surface area contributed by atoms with Gasteiger partial charge in [0.2, 0.25) is 11.8 Å². The van der Waals surface area contributed by atoms with Crippen molar-refractivity contribution in [3.8, 4) is 11.5 Å². The lowest BCUT2D eigenvalue weighted by molar-refractivity contribution is 0.416. The van der Waals surface area contributed by atoms with Crippen molar-refractivity contribution in [1.82, 2.24) is 4.72 Å². The van der Waals surface area contributed by atoms with Crippen LogP contribution in [-0.4, -0.2) is 19.2 Å². The molecule has 0 radical (unpaired) electrons. The summed E-state index contributed by atoms with van der Waals surface area (Å²) in [5.74, 6) is -3.01. The zero-order chi connectivity index (χ0) is 21.0. The van der Waals surface area contributed by atoms with Gasteiger partial charge in [0.1, 0.15) is 17.3 Å². The van der Waals surface area contributed by atoms with Gasteiger partial charge in [-0.3, -0.25) is 9.71 Å². The van der Waals surface area contributed by atoms with Gasteiger partial charge < -0.3 is 10.1 Å². The Morgan fingerprint density at radius 1 is 1.31 bits per heavy atom. The molecule has 0 spiro atoms. The number of halogens is 4. The van der Waals surface area contributed by atoms with E-state index in [0.29, 0.717) is 4.90 Å². The summed E-state index contributed by atoms with van der Waals surface area (Å²) in [6, 6.07) is 7.41. The Labute approximate surface area is 174 Å². The number of rotatable bonds is 6. The Morgan fingerprint density at radius 2 is 2.07 bits per heavy atom. The fourth-order valence-corrected chi connectivity index (χ4v) is 3.21. The van der Waals surface area contributed by atoms with Crippen LogP contribution in [0.3, 0.4) is 0 Å². The van der Waals surface area contributed by atoms with Crippen molar-refractivity contribution in [3.63, 3.8) is 0 Å². The van der Waals surface area contributed by atoms with Gasteiger partial charge >= 0.3 is 0 Å². The average molecular weight is 439 g/mol. The summed E-state index contributed by atoms with van der Waals surface area (Å²) in [4.78, 5) is 8.03. The molecule has 5 nitrogen and oxygen atoms in total. The molecule has 1 heterocycles. The van der Waals surface area contributed by atoms with Crippen molar-refractivity contribution in [1.29, 1.82) is 0 Å². The number of benzene rings is 2. The maximum absolute atomic E-state index is 14.5. The molecule has 29 heavy (non-hydrogen) atoms. The summed E-state index contributed by atoms with van der Waals surface area (Å²) < 4.78 is 50.5. The highest BCUT2D eigenvalue weighted by molar-refractivity contribution is 7.98. The zero-order valence-corrected chi connectivity index (χ0v) is 16.4. The second-order valence-corrected chi connectivity index (χ2v) is 6.81. The van der Waals surface area contributed by atoms with Gasteiger partial charge in [0, 0.05) is 0 Å². The van der Waals surface area contributed by atoms with Gasteiger partial charge in [0.25, 0.3) is 0 Å². The van der Waals surface area contributed by atoms with Crippen molar-refractivity contribution >= 4 is 41.9 Å². The Bertz CT molecular complexity index is 1040. The van der Waals surface area contributed by atoms with Gasteiger partial charge in [-0.1, -0.05) is 30.3 Å². The molecule has 3 rings (SSSR count). The van der Waals surface area contributed by atoms with Gasteiger partial charge in [0.15, 0.2) is 11.6 Å². The van der Waals surface area contributed by atoms with E-state index in [4.69, 9.17) is 16.3 Å². The number of hydrogen-bond acceptors (Lipinski definition) is 4. The average Bonchev–Trinajstić information content (AvgIpc) is 2.73. The standard InChI is InChI=1S/C19H14ClF3N4OS/c1-3-11(21)13(24-2)9-25-19-26-17-15(29-27-19)8-12(22)16(23)18(17)28-14-7-5-4-6-10(14)20/h3-8H,1-2,9H2,(H2,25,26,27)/b13-11+. The molecule has 0 aromatic heterocycles. The number of guanidine groups is 1. The van der Waals surface area contributed by atoms with Gasteiger partial charge in [-0.2, -0.15) is 4.39 Å². The maximum atomic E-state index is 14.5. The lowest BCUT2D eigenvalue weighted by Crippen LogP contribution is -2.30. The smallest absolute Gasteiger partial charge is 0.206 e. The van der Waals surface area contributed by atoms with Crippen molar-refractivity contribution in [2.24, 2.45) is 9.98 Å². The molecular formula is C19H14ClF3N4OS. The van der Waals surface area contributed by atoms with Crippen molar-refractivity contribution < 1.29 is 17.9 Å². The minimum absolute atomic E-state index is 0.0234. The van der Waals surface area contributed by atoms with Crippen molar-refractivity contribution in [3.05, 3.63) is 71.2 Å². The van der Waals surface area contributed by atoms with Crippen LogP contribution in [0.15, 0.2) is 69.4 Å². The van der Waals surface area contributed by atoms with Crippen LogP contribution < -0.4 is 14.8 Å². The van der Waals surface area contributed by atoms with Crippen molar-refractivity contribution in [2.75, 3.05) is 11.9 Å². The predicted octanol–water partition coefficient (Wildman–Crippen LogP) is 5.86. The molecule has 1 aliphatic rings. The molecule has 150 valence electrons. The summed E-state index contributed by atoms with van der Waals surface area (Å²) in [5.41, 5.74) is 0.123. The lowest BCUT2D eigenvalue weighted by Gasteiger charge is -2.23. The fraction of sp³-hybridized carbons (Fsp3) is 0.0526. The number of aliphatic imine (C=N–C) groups is 2. The Morgan fingerprint density at radius 3 is 2.76 bits per heavy atom. The zero-order valence-electron chi connectivity index (χ0n) is 14.8. The van der Waals surface area contributed by atoms with E-state index >= 15 is 0 Å². The van der Waals surface area contributed by atoms with Crippen molar-refractivity contribution in [2.45, 2.75) is 4.90 Å². The number of para-hydroxylation sites is 1. The van der Waals surface area contributed by atoms with Crippen LogP contribution in [0.2, 0.25) is 5.02 Å². The number of fused-ring (bicyclic) bond motifs is 1. The first-order chi connectivity index (χ1) is 13.9. The molecule has 0 aliphatic carbocycles. The van der Waals surface area contributed by atoms with Crippen LogP contribution >= 0.6 is 23.5 Å². The fourth-order valence-electron chi connectivity index (χ4n) is 2.30. The van der Waals surface area contributed by atoms with Gasteiger partial charge in [0.05, 0.1) is 22.2 Å².